The van der Waals surface area contributed by atoms with Gasteiger partial charge in [-0.1, -0.05) is 42.0 Å². The molecule has 0 bridgehead atoms. The zero-order chi connectivity index (χ0) is 16.5. The fourth-order valence-electron chi connectivity index (χ4n) is 3.52. The summed E-state index contributed by atoms with van der Waals surface area (Å²) in [7, 11) is 0. The van der Waals surface area contributed by atoms with Gasteiger partial charge in [0, 0.05) is 37.9 Å². The topological polar surface area (TPSA) is 35.6 Å². The molecule has 2 aliphatic heterocycles. The van der Waals surface area contributed by atoms with Gasteiger partial charge in [0.2, 0.25) is 0 Å². The van der Waals surface area contributed by atoms with Crippen LogP contribution in [0.1, 0.15) is 16.7 Å². The molecular weight excluding hydrogens is 298 g/mol. The lowest BCUT2D eigenvalue weighted by Gasteiger charge is -2.46. The van der Waals surface area contributed by atoms with Crippen molar-refractivity contribution in [2.24, 2.45) is 0 Å². The van der Waals surface area contributed by atoms with Crippen molar-refractivity contribution in [1.82, 2.24) is 9.80 Å². The molecule has 4 nitrogen and oxygen atoms in total. The molecule has 0 radical (unpaired) electrons. The maximum Gasteiger partial charge on any atom is 0.321 e. The third-order valence-electron chi connectivity index (χ3n) is 5.13. The maximum atomic E-state index is 12.3. The van der Waals surface area contributed by atoms with E-state index in [1.807, 2.05) is 36.1 Å². The second-order valence-electron chi connectivity index (χ2n) is 6.84. The Bertz CT molecular complexity index is 735. The predicted octanol–water partition coefficient (Wildman–Crippen LogP) is 3.27. The zero-order valence-electron chi connectivity index (χ0n) is 14.0. The minimum Gasteiger partial charge on any atom is -0.321 e. The summed E-state index contributed by atoms with van der Waals surface area (Å²) in [6.45, 7) is 5.78. The van der Waals surface area contributed by atoms with Crippen LogP contribution < -0.4 is 5.32 Å². The number of urea groups is 1. The first-order chi connectivity index (χ1) is 11.7. The summed E-state index contributed by atoms with van der Waals surface area (Å²) in [4.78, 5) is 16.7. The van der Waals surface area contributed by atoms with Gasteiger partial charge in [0.25, 0.3) is 0 Å². The molecule has 1 fully saturated rings. The molecule has 0 aromatic heterocycles. The molecular formula is C20H23N3O. The third-order valence-corrected chi connectivity index (χ3v) is 5.13. The van der Waals surface area contributed by atoms with Crippen molar-refractivity contribution in [3.05, 3.63) is 65.2 Å². The van der Waals surface area contributed by atoms with Crippen LogP contribution in [-0.2, 0) is 13.0 Å². The number of hydrogen-bond acceptors (Lipinski definition) is 2. The highest BCUT2D eigenvalue weighted by molar-refractivity contribution is 5.89. The Morgan fingerprint density at radius 2 is 1.75 bits per heavy atom. The molecule has 0 spiro atoms. The predicted molar refractivity (Wildman–Crippen MR) is 96.1 cm³/mol. The Hall–Kier alpha value is -2.33. The number of likely N-dealkylation sites (tertiary alicyclic amines) is 1. The summed E-state index contributed by atoms with van der Waals surface area (Å²) in [6, 6.07) is 17.1. The number of hydrogen-bond donors (Lipinski definition) is 1. The van der Waals surface area contributed by atoms with Crippen LogP contribution in [0.5, 0.6) is 0 Å². The average molecular weight is 321 g/mol. The van der Waals surface area contributed by atoms with Gasteiger partial charge in [-0.2, -0.15) is 0 Å². The van der Waals surface area contributed by atoms with Crippen molar-refractivity contribution in [3.8, 4) is 0 Å². The van der Waals surface area contributed by atoms with Gasteiger partial charge in [-0.3, -0.25) is 4.90 Å². The molecule has 2 aromatic carbocycles. The molecule has 1 saturated heterocycles. The fourth-order valence-corrected chi connectivity index (χ4v) is 3.52. The van der Waals surface area contributed by atoms with Gasteiger partial charge in [-0.05, 0) is 36.6 Å². The lowest BCUT2D eigenvalue weighted by molar-refractivity contribution is 0.0528. The number of nitrogens with zero attached hydrogens (tertiary/aromatic N) is 2. The van der Waals surface area contributed by atoms with Gasteiger partial charge in [-0.25, -0.2) is 4.79 Å². The van der Waals surface area contributed by atoms with Crippen molar-refractivity contribution in [1.29, 1.82) is 0 Å². The van der Waals surface area contributed by atoms with E-state index >= 15 is 0 Å². The van der Waals surface area contributed by atoms with E-state index in [4.69, 9.17) is 0 Å². The second kappa shape index (κ2) is 6.29. The van der Waals surface area contributed by atoms with E-state index in [2.05, 4.69) is 34.5 Å². The van der Waals surface area contributed by atoms with E-state index in [1.54, 1.807) is 0 Å². The first kappa shape index (κ1) is 15.2. The van der Waals surface area contributed by atoms with Crippen molar-refractivity contribution in [3.63, 3.8) is 0 Å². The lowest BCUT2D eigenvalue weighted by Crippen LogP contribution is -2.62. The van der Waals surface area contributed by atoms with Crippen LogP contribution in [0.25, 0.3) is 0 Å². The van der Waals surface area contributed by atoms with Crippen LogP contribution in [0, 0.1) is 6.92 Å². The summed E-state index contributed by atoms with van der Waals surface area (Å²) >= 11 is 0. The van der Waals surface area contributed by atoms with E-state index in [-0.39, 0.29) is 6.03 Å². The quantitative estimate of drug-likeness (QED) is 0.921. The Morgan fingerprint density at radius 1 is 1.04 bits per heavy atom. The Balaban J connectivity index is 1.30. The number of fused-ring (bicyclic) bond motifs is 1. The largest absolute Gasteiger partial charge is 0.321 e. The van der Waals surface area contributed by atoms with Gasteiger partial charge in [0.1, 0.15) is 0 Å². The Labute approximate surface area is 143 Å². The smallest absolute Gasteiger partial charge is 0.321 e. The average Bonchev–Trinajstić information content (AvgIpc) is 2.55. The van der Waals surface area contributed by atoms with Crippen molar-refractivity contribution in [2.75, 3.05) is 25.0 Å². The van der Waals surface area contributed by atoms with Crippen LogP contribution in [0.3, 0.4) is 0 Å². The highest BCUT2D eigenvalue weighted by Crippen LogP contribution is 2.24. The number of benzene rings is 2. The van der Waals surface area contributed by atoms with Gasteiger partial charge < -0.3 is 10.2 Å². The monoisotopic (exact) mass is 321 g/mol. The van der Waals surface area contributed by atoms with Gasteiger partial charge in [0.15, 0.2) is 0 Å². The summed E-state index contributed by atoms with van der Waals surface area (Å²) in [5.74, 6) is 0. The molecule has 4 rings (SSSR count). The number of aryl methyl sites for hydroxylation is 1. The molecule has 0 atom stereocenters. The summed E-state index contributed by atoms with van der Waals surface area (Å²) in [6.07, 6.45) is 1.11. The Morgan fingerprint density at radius 3 is 2.50 bits per heavy atom. The minimum atomic E-state index is 0.00696. The number of rotatable bonds is 2. The van der Waals surface area contributed by atoms with Gasteiger partial charge in [-0.15, -0.1) is 0 Å². The SMILES string of the molecule is Cc1ccc(NC(=O)N2CC(N3CCc4ccccc4C3)C2)cc1. The molecule has 0 saturated carbocycles. The van der Waals surface area contributed by atoms with Crippen molar-refractivity contribution in [2.45, 2.75) is 25.9 Å². The fraction of sp³-hybridized carbons (Fsp3) is 0.350. The van der Waals surface area contributed by atoms with Crippen LogP contribution in [0.15, 0.2) is 48.5 Å². The van der Waals surface area contributed by atoms with Crippen molar-refractivity contribution >= 4 is 11.7 Å². The van der Waals surface area contributed by atoms with Crippen molar-refractivity contribution < 1.29 is 4.79 Å². The second-order valence-corrected chi connectivity index (χ2v) is 6.84. The van der Waals surface area contributed by atoms with Crippen LogP contribution in [0.2, 0.25) is 0 Å². The first-order valence-corrected chi connectivity index (χ1v) is 8.62. The number of amides is 2. The summed E-state index contributed by atoms with van der Waals surface area (Å²) < 4.78 is 0. The third kappa shape index (κ3) is 3.02. The molecule has 0 unspecified atom stereocenters. The molecule has 2 amide bonds. The van der Waals surface area contributed by atoms with E-state index < -0.39 is 0 Å². The number of nitrogens with one attached hydrogen (secondary N) is 1. The van der Waals surface area contributed by atoms with E-state index in [1.165, 1.54) is 16.7 Å². The molecule has 1 N–H and O–H groups in total. The molecule has 0 aliphatic carbocycles. The molecule has 4 heteroatoms. The standard InChI is InChI=1S/C20H23N3O/c1-15-6-8-18(9-7-15)21-20(24)23-13-19(14-23)22-11-10-16-4-2-3-5-17(16)12-22/h2-9,19H,10-14H2,1H3,(H,21,24). The summed E-state index contributed by atoms with van der Waals surface area (Å²) in [5.41, 5.74) is 4.97. The maximum absolute atomic E-state index is 12.3. The molecule has 24 heavy (non-hydrogen) atoms. The Kier molecular flexibility index (Phi) is 3.98. The molecule has 124 valence electrons. The molecule has 2 heterocycles. The number of carbonyl (C=O) groups excluding carboxylic acids is 1. The lowest BCUT2D eigenvalue weighted by atomic mass is 9.97. The van der Waals surface area contributed by atoms with Crippen LogP contribution in [-0.4, -0.2) is 41.5 Å². The van der Waals surface area contributed by atoms with E-state index in [0.717, 1.165) is 38.3 Å². The zero-order valence-corrected chi connectivity index (χ0v) is 14.0. The van der Waals surface area contributed by atoms with Crippen LogP contribution >= 0.6 is 0 Å². The first-order valence-electron chi connectivity index (χ1n) is 8.62. The molecule has 2 aromatic rings. The number of carbonyl (C=O) groups is 1. The molecule has 2 aliphatic rings. The highest BCUT2D eigenvalue weighted by atomic mass is 16.2. The van der Waals surface area contributed by atoms with Gasteiger partial charge in [0.05, 0.1) is 0 Å². The highest BCUT2D eigenvalue weighted by Gasteiger charge is 2.35. The number of anilines is 1. The van der Waals surface area contributed by atoms with Crippen LogP contribution in [0.4, 0.5) is 10.5 Å². The van der Waals surface area contributed by atoms with Gasteiger partial charge >= 0.3 is 6.03 Å². The minimum absolute atomic E-state index is 0.00696. The summed E-state index contributed by atoms with van der Waals surface area (Å²) in [5, 5.41) is 2.98. The normalized spacial score (nSPS) is 18.0. The van der Waals surface area contributed by atoms with E-state index in [9.17, 15) is 4.79 Å². The van der Waals surface area contributed by atoms with E-state index in [0.29, 0.717) is 6.04 Å².